The summed E-state index contributed by atoms with van der Waals surface area (Å²) in [6.45, 7) is 0.469. The minimum atomic E-state index is -0.933. The Kier molecular flexibility index (Phi) is 4.35. The molecule has 14 heavy (non-hydrogen) atoms. The van der Waals surface area contributed by atoms with E-state index in [1.165, 1.54) is 25.7 Å². The Hall–Kier alpha value is -0.610. The van der Waals surface area contributed by atoms with Gasteiger partial charge in [0.05, 0.1) is 12.5 Å². The molecule has 0 amide bonds. The van der Waals surface area contributed by atoms with E-state index in [0.717, 1.165) is 0 Å². The lowest BCUT2D eigenvalue weighted by Crippen LogP contribution is -2.36. The number of carbonyl (C=O) groups is 1. The van der Waals surface area contributed by atoms with Gasteiger partial charge in [-0.2, -0.15) is 0 Å². The van der Waals surface area contributed by atoms with E-state index in [1.807, 2.05) is 7.05 Å². The van der Waals surface area contributed by atoms with Crippen LogP contribution in [-0.2, 0) is 4.79 Å². The van der Waals surface area contributed by atoms with E-state index in [2.05, 4.69) is 4.90 Å². The summed E-state index contributed by atoms with van der Waals surface area (Å²) in [5.74, 6) is -0.933. The van der Waals surface area contributed by atoms with Gasteiger partial charge in [-0.15, -0.1) is 0 Å². The van der Waals surface area contributed by atoms with Crippen molar-refractivity contribution in [1.29, 1.82) is 0 Å². The maximum Gasteiger partial charge on any atom is 0.306 e. The van der Waals surface area contributed by atoms with Crippen LogP contribution in [0, 0.1) is 0 Å². The number of rotatable bonds is 5. The highest BCUT2D eigenvalue weighted by Gasteiger charge is 2.21. The second-order valence-electron chi connectivity index (χ2n) is 4.13. The molecule has 0 aromatic rings. The second-order valence-corrected chi connectivity index (χ2v) is 4.13. The molecular weight excluding hydrogens is 182 g/mol. The number of carboxylic acid groups (broad SMARTS) is 1. The van der Waals surface area contributed by atoms with Crippen LogP contribution in [0.4, 0.5) is 0 Å². The fourth-order valence-electron chi connectivity index (χ4n) is 2.09. The zero-order chi connectivity index (χ0) is 10.6. The van der Waals surface area contributed by atoms with Gasteiger partial charge in [-0.1, -0.05) is 12.8 Å². The molecule has 1 unspecified atom stereocenters. The van der Waals surface area contributed by atoms with Gasteiger partial charge in [-0.25, -0.2) is 0 Å². The van der Waals surface area contributed by atoms with Crippen LogP contribution in [0.1, 0.15) is 32.1 Å². The number of hydrogen-bond acceptors (Lipinski definition) is 3. The van der Waals surface area contributed by atoms with E-state index in [0.29, 0.717) is 12.6 Å². The predicted molar refractivity (Wildman–Crippen MR) is 53.1 cm³/mol. The van der Waals surface area contributed by atoms with E-state index >= 15 is 0 Å². The highest BCUT2D eigenvalue weighted by atomic mass is 16.4. The minimum Gasteiger partial charge on any atom is -0.481 e. The quantitative estimate of drug-likeness (QED) is 0.687. The molecule has 1 aliphatic carbocycles. The topological polar surface area (TPSA) is 60.8 Å². The fraction of sp³-hybridized carbons (Fsp3) is 0.900. The summed E-state index contributed by atoms with van der Waals surface area (Å²) in [5.41, 5.74) is 0. The Bertz CT molecular complexity index is 190. The standard InChI is InChI=1S/C10H19NO3/c1-11(8-4-2-3-5-8)7-9(12)6-10(13)14/h8-9,12H,2-7H2,1H3,(H,13,14). The Morgan fingerprint density at radius 3 is 2.57 bits per heavy atom. The summed E-state index contributed by atoms with van der Waals surface area (Å²) in [5, 5.41) is 17.9. The summed E-state index contributed by atoms with van der Waals surface area (Å²) in [6, 6.07) is 0.540. The third-order valence-corrected chi connectivity index (χ3v) is 2.86. The van der Waals surface area contributed by atoms with E-state index in [1.54, 1.807) is 0 Å². The number of nitrogens with zero attached hydrogens (tertiary/aromatic N) is 1. The lowest BCUT2D eigenvalue weighted by molar-refractivity contribution is -0.139. The molecule has 0 aliphatic heterocycles. The maximum atomic E-state index is 10.3. The number of hydrogen-bond donors (Lipinski definition) is 2. The second kappa shape index (κ2) is 5.32. The van der Waals surface area contributed by atoms with Gasteiger partial charge in [0.15, 0.2) is 0 Å². The largest absolute Gasteiger partial charge is 0.481 e. The van der Waals surface area contributed by atoms with Crippen molar-refractivity contribution in [3.8, 4) is 0 Å². The average molecular weight is 201 g/mol. The van der Waals surface area contributed by atoms with Crippen LogP contribution in [0.15, 0.2) is 0 Å². The van der Waals surface area contributed by atoms with Crippen molar-refractivity contribution in [3.05, 3.63) is 0 Å². The van der Waals surface area contributed by atoms with Gasteiger partial charge < -0.3 is 15.1 Å². The Morgan fingerprint density at radius 1 is 1.50 bits per heavy atom. The number of aliphatic hydroxyl groups excluding tert-OH is 1. The van der Waals surface area contributed by atoms with Crippen molar-refractivity contribution in [2.45, 2.75) is 44.2 Å². The van der Waals surface area contributed by atoms with Crippen molar-refractivity contribution in [2.24, 2.45) is 0 Å². The Morgan fingerprint density at radius 2 is 2.07 bits per heavy atom. The van der Waals surface area contributed by atoms with E-state index < -0.39 is 12.1 Å². The monoisotopic (exact) mass is 201 g/mol. The van der Waals surface area contributed by atoms with E-state index in [-0.39, 0.29) is 6.42 Å². The summed E-state index contributed by atoms with van der Waals surface area (Å²) in [7, 11) is 1.96. The van der Waals surface area contributed by atoms with Crippen LogP contribution in [0.25, 0.3) is 0 Å². The van der Waals surface area contributed by atoms with E-state index in [4.69, 9.17) is 5.11 Å². The summed E-state index contributed by atoms with van der Waals surface area (Å²) in [6.07, 6.45) is 3.97. The molecule has 2 N–H and O–H groups in total. The highest BCUT2D eigenvalue weighted by Crippen LogP contribution is 2.22. The zero-order valence-electron chi connectivity index (χ0n) is 8.65. The third-order valence-electron chi connectivity index (χ3n) is 2.86. The zero-order valence-corrected chi connectivity index (χ0v) is 8.65. The number of aliphatic hydroxyl groups is 1. The number of carboxylic acids is 1. The smallest absolute Gasteiger partial charge is 0.306 e. The SMILES string of the molecule is CN(CC(O)CC(=O)O)C1CCCC1. The van der Waals surface area contributed by atoms with Crippen LogP contribution >= 0.6 is 0 Å². The maximum absolute atomic E-state index is 10.3. The van der Waals surface area contributed by atoms with Gasteiger partial charge in [0.1, 0.15) is 0 Å². The third kappa shape index (κ3) is 3.64. The molecule has 0 radical (unpaired) electrons. The molecule has 4 nitrogen and oxygen atoms in total. The Balaban J connectivity index is 2.24. The molecule has 0 saturated heterocycles. The molecule has 0 aromatic carbocycles. The first kappa shape index (κ1) is 11.5. The normalized spacial score (nSPS) is 20.2. The van der Waals surface area contributed by atoms with Gasteiger partial charge in [-0.3, -0.25) is 4.79 Å². The van der Waals surface area contributed by atoms with Crippen LogP contribution in [0.5, 0.6) is 0 Å². The van der Waals surface area contributed by atoms with Crippen molar-refractivity contribution in [3.63, 3.8) is 0 Å². The van der Waals surface area contributed by atoms with Crippen LogP contribution in [0.3, 0.4) is 0 Å². The first-order chi connectivity index (χ1) is 6.59. The molecule has 82 valence electrons. The summed E-state index contributed by atoms with van der Waals surface area (Å²) in [4.78, 5) is 12.4. The molecule has 1 fully saturated rings. The molecule has 0 spiro atoms. The molecular formula is C10H19NO3. The van der Waals surface area contributed by atoms with Gasteiger partial charge in [0.2, 0.25) is 0 Å². The van der Waals surface area contributed by atoms with Gasteiger partial charge in [0, 0.05) is 12.6 Å². The van der Waals surface area contributed by atoms with Gasteiger partial charge >= 0.3 is 5.97 Å². The van der Waals surface area contributed by atoms with Crippen LogP contribution < -0.4 is 0 Å². The summed E-state index contributed by atoms with van der Waals surface area (Å²) >= 11 is 0. The molecule has 1 rings (SSSR count). The minimum absolute atomic E-state index is 0.156. The molecule has 1 atom stereocenters. The number of likely N-dealkylation sites (N-methyl/N-ethyl adjacent to an activating group) is 1. The van der Waals surface area contributed by atoms with Gasteiger partial charge in [0.25, 0.3) is 0 Å². The van der Waals surface area contributed by atoms with Crippen molar-refractivity contribution < 1.29 is 15.0 Å². The lowest BCUT2D eigenvalue weighted by Gasteiger charge is -2.25. The average Bonchev–Trinajstić information content (AvgIpc) is 2.53. The van der Waals surface area contributed by atoms with Crippen LogP contribution in [-0.4, -0.2) is 46.8 Å². The van der Waals surface area contributed by atoms with Crippen LogP contribution in [0.2, 0.25) is 0 Å². The molecule has 0 bridgehead atoms. The molecule has 0 aromatic heterocycles. The molecule has 1 aliphatic rings. The van der Waals surface area contributed by atoms with E-state index in [9.17, 15) is 9.90 Å². The van der Waals surface area contributed by atoms with Crippen molar-refractivity contribution in [1.82, 2.24) is 4.90 Å². The first-order valence-corrected chi connectivity index (χ1v) is 5.19. The molecule has 0 heterocycles. The predicted octanol–water partition coefficient (Wildman–Crippen LogP) is 0.696. The van der Waals surface area contributed by atoms with Gasteiger partial charge in [-0.05, 0) is 19.9 Å². The number of aliphatic carboxylic acids is 1. The van der Waals surface area contributed by atoms with Crippen molar-refractivity contribution >= 4 is 5.97 Å². The molecule has 1 saturated carbocycles. The summed E-state index contributed by atoms with van der Waals surface area (Å²) < 4.78 is 0. The first-order valence-electron chi connectivity index (χ1n) is 5.19. The Labute approximate surface area is 84.5 Å². The highest BCUT2D eigenvalue weighted by molar-refractivity contribution is 5.67. The van der Waals surface area contributed by atoms with Crippen molar-refractivity contribution in [2.75, 3.05) is 13.6 Å². The molecule has 4 heteroatoms. The lowest BCUT2D eigenvalue weighted by atomic mass is 10.2. The fourth-order valence-corrected chi connectivity index (χ4v) is 2.09.